The van der Waals surface area contributed by atoms with Gasteiger partial charge in [0.15, 0.2) is 0 Å². The van der Waals surface area contributed by atoms with Crippen molar-refractivity contribution in [2.24, 2.45) is 5.92 Å². The molecular formula is C24H27F3N2O4S. The second-order valence-corrected chi connectivity index (χ2v) is 11.2. The average Bonchev–Trinajstić information content (AvgIpc) is 3.15. The molecule has 0 bridgehead atoms. The molecule has 34 heavy (non-hydrogen) atoms. The molecule has 2 aliphatic rings. The third-order valence-electron chi connectivity index (χ3n) is 6.19. The lowest BCUT2D eigenvalue weighted by Gasteiger charge is -2.35. The maximum Gasteiger partial charge on any atom is 0.254 e. The van der Waals surface area contributed by atoms with E-state index in [1.54, 1.807) is 0 Å². The lowest BCUT2D eigenvalue weighted by atomic mass is 9.94. The van der Waals surface area contributed by atoms with E-state index in [-0.39, 0.29) is 28.9 Å². The molecule has 184 valence electrons. The van der Waals surface area contributed by atoms with E-state index in [9.17, 15) is 27.1 Å². The average molecular weight is 499 g/mol. The fourth-order valence-electron chi connectivity index (χ4n) is 4.47. The molecule has 0 aromatic heterocycles. The predicted molar refractivity (Wildman–Crippen MR) is 121 cm³/mol. The van der Waals surface area contributed by atoms with Crippen molar-refractivity contribution in [1.29, 1.82) is 0 Å². The van der Waals surface area contributed by atoms with Gasteiger partial charge in [0.25, 0.3) is 5.91 Å². The molecule has 2 aromatic carbocycles. The molecule has 1 aliphatic carbocycles. The highest BCUT2D eigenvalue weighted by atomic mass is 32.2. The molecule has 10 heteroatoms. The predicted octanol–water partition coefficient (Wildman–Crippen LogP) is 2.99. The molecule has 1 heterocycles. The number of carbonyl (C=O) groups is 1. The molecule has 4 atom stereocenters. The van der Waals surface area contributed by atoms with Gasteiger partial charge in [-0.05, 0) is 62.7 Å². The summed E-state index contributed by atoms with van der Waals surface area (Å²) in [6.07, 6.45) is -2.13. The summed E-state index contributed by atoms with van der Waals surface area (Å²) in [4.78, 5) is 14.3. The first kappa shape index (κ1) is 22.1. The number of halogens is 3. The van der Waals surface area contributed by atoms with Gasteiger partial charge in [-0.15, -0.1) is 0 Å². The Labute approximate surface area is 199 Å². The van der Waals surface area contributed by atoms with E-state index in [1.807, 2.05) is 0 Å². The van der Waals surface area contributed by atoms with Crippen molar-refractivity contribution in [3.8, 4) is 11.1 Å². The van der Waals surface area contributed by atoms with E-state index >= 15 is 4.39 Å². The number of piperidine rings is 1. The summed E-state index contributed by atoms with van der Waals surface area (Å²) in [5.41, 5.74) is -1.97. The van der Waals surface area contributed by atoms with Crippen molar-refractivity contribution in [1.82, 2.24) is 9.62 Å². The van der Waals surface area contributed by atoms with Gasteiger partial charge in [0.2, 0.25) is 10.0 Å². The first-order valence-corrected chi connectivity index (χ1v) is 12.5. The maximum absolute atomic E-state index is 15.6. The number of nitrogens with zero attached hydrogens (tertiary/aromatic N) is 1. The Morgan fingerprint density at radius 2 is 1.88 bits per heavy atom. The minimum absolute atomic E-state index is 0.0369. The summed E-state index contributed by atoms with van der Waals surface area (Å²) in [5.74, 6) is -4.57. The number of aliphatic hydroxyl groups is 1. The molecule has 4 rings (SSSR count). The first-order chi connectivity index (χ1) is 16.6. The molecule has 1 saturated heterocycles. The number of sulfonamides is 1. The van der Waals surface area contributed by atoms with Gasteiger partial charge < -0.3 is 10.0 Å². The molecule has 1 aliphatic heterocycles. The Hall–Kier alpha value is -2.43. The molecule has 6 nitrogen and oxygen atoms in total. The van der Waals surface area contributed by atoms with E-state index in [4.69, 9.17) is 2.74 Å². The fraction of sp³-hybridized carbons (Fsp3) is 0.458. The van der Waals surface area contributed by atoms with Gasteiger partial charge in [-0.1, -0.05) is 18.2 Å². The summed E-state index contributed by atoms with van der Waals surface area (Å²) >= 11 is 0. The topological polar surface area (TPSA) is 86.7 Å². The highest BCUT2D eigenvalue weighted by molar-refractivity contribution is 7.89. The van der Waals surface area contributed by atoms with Gasteiger partial charge in [0.05, 0.1) is 11.8 Å². The van der Waals surface area contributed by atoms with Crippen molar-refractivity contribution in [2.75, 3.05) is 5.75 Å². The second kappa shape index (κ2) is 8.66. The Kier molecular flexibility index (Phi) is 5.62. The summed E-state index contributed by atoms with van der Waals surface area (Å²) < 4.78 is 87.1. The van der Waals surface area contributed by atoms with Crippen LogP contribution in [-0.2, 0) is 21.2 Å². The number of fused-ring (bicyclic) bond motifs is 1. The number of rotatable bonds is 7. The van der Waals surface area contributed by atoms with Gasteiger partial charge >= 0.3 is 0 Å². The van der Waals surface area contributed by atoms with E-state index in [1.165, 1.54) is 39.0 Å². The smallest absolute Gasteiger partial charge is 0.254 e. The zero-order chi connectivity index (χ0) is 26.8. The fourth-order valence-corrected chi connectivity index (χ4v) is 5.35. The number of hydrogen-bond donors (Lipinski definition) is 2. The zero-order valence-electron chi connectivity index (χ0n) is 20.8. The zero-order valence-corrected chi connectivity index (χ0v) is 19.7. The van der Waals surface area contributed by atoms with Crippen molar-refractivity contribution < 1.29 is 34.2 Å². The minimum Gasteiger partial charge on any atom is -0.381 e. The van der Waals surface area contributed by atoms with Crippen LogP contribution in [0.5, 0.6) is 0 Å². The molecule has 1 amide bonds. The normalized spacial score (nSPS) is 26.6. The maximum atomic E-state index is 15.6. The number of nitrogens with one attached hydrogen (secondary N) is 1. The molecule has 0 unspecified atom stereocenters. The summed E-state index contributed by atoms with van der Waals surface area (Å²) in [5, 5.41) is 10.4. The SMILES string of the molecule is [2H]C1([2H])[C@H]2[C@H](NS(=O)(=O)CC)[C@H](Cc3cccc(-c4cc(F)cc(F)c4)c3F)N(C(=O)C(C)(C)O)[C@H]21. The van der Waals surface area contributed by atoms with Gasteiger partial charge in [0.1, 0.15) is 23.1 Å². The van der Waals surface area contributed by atoms with Crippen LogP contribution in [0.1, 0.15) is 35.4 Å². The monoisotopic (exact) mass is 498 g/mol. The van der Waals surface area contributed by atoms with Crippen molar-refractivity contribution in [2.45, 2.75) is 57.3 Å². The Morgan fingerprint density at radius 3 is 2.47 bits per heavy atom. The Morgan fingerprint density at radius 1 is 1.24 bits per heavy atom. The third kappa shape index (κ3) is 4.71. The number of hydrogen-bond acceptors (Lipinski definition) is 4. The minimum atomic E-state index is -3.83. The van der Waals surface area contributed by atoms with Crippen LogP contribution < -0.4 is 4.72 Å². The van der Waals surface area contributed by atoms with Gasteiger partial charge in [0, 0.05) is 26.5 Å². The lowest BCUT2D eigenvalue weighted by Crippen LogP contribution is -2.55. The van der Waals surface area contributed by atoms with Crippen LogP contribution in [0.15, 0.2) is 36.4 Å². The van der Waals surface area contributed by atoms with Crippen molar-refractivity contribution in [3.05, 3.63) is 59.4 Å². The highest BCUT2D eigenvalue weighted by Gasteiger charge is 2.62. The molecule has 2 N–H and O–H groups in total. The van der Waals surface area contributed by atoms with Crippen LogP contribution in [-0.4, -0.2) is 53.8 Å². The highest BCUT2D eigenvalue weighted by Crippen LogP contribution is 2.50. The molecule has 2 fully saturated rings. The molecular weight excluding hydrogens is 469 g/mol. The second-order valence-electron chi connectivity index (χ2n) is 9.16. The van der Waals surface area contributed by atoms with Crippen LogP contribution in [0.2, 0.25) is 0 Å². The summed E-state index contributed by atoms with van der Waals surface area (Å²) in [6.45, 7) is 3.89. The van der Waals surface area contributed by atoms with Crippen LogP contribution in [0, 0.1) is 23.4 Å². The molecule has 0 radical (unpaired) electrons. The van der Waals surface area contributed by atoms with Crippen LogP contribution in [0.3, 0.4) is 0 Å². The standard InChI is InChI=1S/C24H27F3N2O4S/c1-4-34(32,33)28-22-18-12-19(18)29(23(30)24(2,3)31)20(22)10-13-6-5-7-17(21(13)27)14-8-15(25)11-16(26)9-14/h5-9,11,18-20,22,28,31H,4,10,12H2,1-3H3/t18-,19+,20+,22+/m1/s1/i12D2. The summed E-state index contributed by atoms with van der Waals surface area (Å²) in [7, 11) is -3.83. The van der Waals surface area contributed by atoms with Gasteiger partial charge in [-0.25, -0.2) is 26.3 Å². The van der Waals surface area contributed by atoms with Crippen LogP contribution in [0.4, 0.5) is 13.2 Å². The van der Waals surface area contributed by atoms with Crippen molar-refractivity contribution >= 4 is 15.9 Å². The Balaban J connectivity index is 1.77. The Bertz CT molecular complexity index is 1300. The number of amides is 1. The molecule has 2 aromatic rings. The molecule has 1 saturated carbocycles. The number of carbonyl (C=O) groups excluding carboxylic acids is 1. The molecule has 0 spiro atoms. The van der Waals surface area contributed by atoms with E-state index in [2.05, 4.69) is 4.72 Å². The van der Waals surface area contributed by atoms with Gasteiger partial charge in [-0.3, -0.25) is 4.79 Å². The van der Waals surface area contributed by atoms with E-state index in [0.29, 0.717) is 6.07 Å². The number of likely N-dealkylation sites (tertiary alicyclic amines) is 1. The van der Waals surface area contributed by atoms with Crippen LogP contribution >= 0.6 is 0 Å². The quantitative estimate of drug-likeness (QED) is 0.615. The van der Waals surface area contributed by atoms with E-state index < -0.39 is 69.4 Å². The third-order valence-corrected chi connectivity index (χ3v) is 7.58. The van der Waals surface area contributed by atoms with Gasteiger partial charge in [-0.2, -0.15) is 0 Å². The van der Waals surface area contributed by atoms with Crippen LogP contribution in [0.25, 0.3) is 11.1 Å². The first-order valence-electron chi connectivity index (χ1n) is 11.9. The number of benzene rings is 2. The largest absolute Gasteiger partial charge is 0.381 e. The lowest BCUT2D eigenvalue weighted by molar-refractivity contribution is -0.150. The van der Waals surface area contributed by atoms with Crippen molar-refractivity contribution in [3.63, 3.8) is 0 Å². The summed E-state index contributed by atoms with van der Waals surface area (Å²) in [6, 6.07) is 3.75. The van der Waals surface area contributed by atoms with E-state index in [0.717, 1.165) is 17.0 Å².